The van der Waals surface area contributed by atoms with Crippen LogP contribution in [0.3, 0.4) is 0 Å². The Kier molecular flexibility index (Phi) is 4.95. The number of carboxylic acid groups (broad SMARTS) is 1. The van der Waals surface area contributed by atoms with Gasteiger partial charge in [0.1, 0.15) is 5.75 Å². The van der Waals surface area contributed by atoms with Gasteiger partial charge in [0, 0.05) is 23.6 Å². The molecule has 0 heterocycles. The van der Waals surface area contributed by atoms with Crippen molar-refractivity contribution in [1.82, 2.24) is 0 Å². The highest BCUT2D eigenvalue weighted by molar-refractivity contribution is 6.30. The molecule has 2 aromatic carbocycles. The minimum Gasteiger partial charge on any atom is -0.478 e. The van der Waals surface area contributed by atoms with Crippen molar-refractivity contribution < 1.29 is 19.6 Å². The maximum Gasteiger partial charge on any atom is 0.345 e. The number of rotatable bonds is 6. The average Bonchev–Trinajstić information content (AvgIpc) is 2.49. The number of halogens is 1. The lowest BCUT2D eigenvalue weighted by molar-refractivity contribution is -0.384. The Morgan fingerprint density at radius 3 is 2.55 bits per heavy atom. The summed E-state index contributed by atoms with van der Waals surface area (Å²) >= 11 is 5.75. The van der Waals surface area contributed by atoms with Gasteiger partial charge in [-0.1, -0.05) is 23.7 Å². The topological polar surface area (TPSA) is 89.7 Å². The predicted molar refractivity (Wildman–Crippen MR) is 80.3 cm³/mol. The maximum atomic E-state index is 11.3. The van der Waals surface area contributed by atoms with E-state index in [9.17, 15) is 20.0 Å². The number of carboxylic acids is 1. The number of aliphatic carboxylic acids is 1. The third-order valence-electron chi connectivity index (χ3n) is 2.91. The van der Waals surface area contributed by atoms with Crippen molar-refractivity contribution in [2.45, 2.75) is 12.5 Å². The van der Waals surface area contributed by atoms with Crippen LogP contribution in [0.2, 0.25) is 5.02 Å². The van der Waals surface area contributed by atoms with Crippen molar-refractivity contribution in [3.05, 3.63) is 69.2 Å². The molecule has 7 heteroatoms. The smallest absolute Gasteiger partial charge is 0.345 e. The van der Waals surface area contributed by atoms with E-state index in [1.807, 2.05) is 0 Å². The molecule has 0 spiro atoms. The van der Waals surface area contributed by atoms with Gasteiger partial charge in [-0.2, -0.15) is 0 Å². The van der Waals surface area contributed by atoms with Crippen molar-refractivity contribution in [2.75, 3.05) is 0 Å². The van der Waals surface area contributed by atoms with Gasteiger partial charge in [-0.25, -0.2) is 4.79 Å². The quantitative estimate of drug-likeness (QED) is 0.651. The van der Waals surface area contributed by atoms with Gasteiger partial charge in [-0.3, -0.25) is 10.1 Å². The van der Waals surface area contributed by atoms with Gasteiger partial charge < -0.3 is 9.84 Å². The fourth-order valence-electron chi connectivity index (χ4n) is 1.87. The van der Waals surface area contributed by atoms with E-state index in [2.05, 4.69) is 0 Å². The van der Waals surface area contributed by atoms with Gasteiger partial charge in [0.15, 0.2) is 6.10 Å². The van der Waals surface area contributed by atoms with Crippen LogP contribution in [-0.4, -0.2) is 22.1 Å². The molecule has 0 amide bonds. The number of ether oxygens (including phenoxy) is 1. The SMILES string of the molecule is O=C(O)[C@H](Cc1cccc([N+](=O)[O-])c1)Oc1ccc(Cl)cc1. The summed E-state index contributed by atoms with van der Waals surface area (Å²) in [5.74, 6) is -0.788. The Balaban J connectivity index is 2.15. The highest BCUT2D eigenvalue weighted by atomic mass is 35.5. The molecule has 2 aromatic rings. The van der Waals surface area contributed by atoms with E-state index in [0.717, 1.165) is 0 Å². The molecule has 22 heavy (non-hydrogen) atoms. The van der Waals surface area contributed by atoms with E-state index in [1.54, 1.807) is 30.3 Å². The molecular weight excluding hydrogens is 310 g/mol. The molecule has 0 saturated heterocycles. The largest absolute Gasteiger partial charge is 0.478 e. The molecule has 0 radical (unpaired) electrons. The van der Waals surface area contributed by atoms with Crippen molar-refractivity contribution in [2.24, 2.45) is 0 Å². The summed E-state index contributed by atoms with van der Waals surface area (Å²) in [4.78, 5) is 21.5. The Morgan fingerprint density at radius 2 is 1.95 bits per heavy atom. The number of non-ortho nitro benzene ring substituents is 1. The molecule has 1 atom stereocenters. The third kappa shape index (κ3) is 4.20. The zero-order valence-electron chi connectivity index (χ0n) is 11.3. The van der Waals surface area contributed by atoms with Crippen LogP contribution in [0.4, 0.5) is 5.69 Å². The Labute approximate surface area is 131 Å². The minimum atomic E-state index is -1.15. The number of hydrogen-bond acceptors (Lipinski definition) is 4. The summed E-state index contributed by atoms with van der Waals surface area (Å²) in [7, 11) is 0. The van der Waals surface area contributed by atoms with E-state index < -0.39 is 17.0 Å². The van der Waals surface area contributed by atoms with Gasteiger partial charge in [0.2, 0.25) is 0 Å². The number of nitro groups is 1. The van der Waals surface area contributed by atoms with E-state index in [0.29, 0.717) is 16.3 Å². The first-order valence-corrected chi connectivity index (χ1v) is 6.72. The standard InChI is InChI=1S/C15H12ClNO5/c16-11-4-6-13(7-5-11)22-14(15(18)19)9-10-2-1-3-12(8-10)17(20)21/h1-8,14H,9H2,(H,18,19)/t14-/m0/s1. The van der Waals surface area contributed by atoms with Crippen LogP contribution < -0.4 is 4.74 Å². The first kappa shape index (κ1) is 15.8. The number of hydrogen-bond donors (Lipinski definition) is 1. The highest BCUT2D eigenvalue weighted by Crippen LogP contribution is 2.20. The molecule has 6 nitrogen and oxygen atoms in total. The Hall–Kier alpha value is -2.60. The molecule has 0 aliphatic heterocycles. The van der Waals surface area contributed by atoms with Crippen LogP contribution >= 0.6 is 11.6 Å². The van der Waals surface area contributed by atoms with E-state index >= 15 is 0 Å². The summed E-state index contributed by atoms with van der Waals surface area (Å²) in [6.07, 6.45) is -1.14. The first-order chi connectivity index (χ1) is 10.5. The second kappa shape index (κ2) is 6.91. The van der Waals surface area contributed by atoms with Gasteiger partial charge in [0.05, 0.1) is 4.92 Å². The molecule has 0 aliphatic carbocycles. The molecule has 0 saturated carbocycles. The van der Waals surface area contributed by atoms with Crippen LogP contribution in [0.15, 0.2) is 48.5 Å². The van der Waals surface area contributed by atoms with Crippen molar-refractivity contribution >= 4 is 23.3 Å². The summed E-state index contributed by atoms with van der Waals surface area (Å²) in [6, 6.07) is 12.1. The Morgan fingerprint density at radius 1 is 1.27 bits per heavy atom. The summed E-state index contributed by atoms with van der Waals surface area (Å²) < 4.78 is 5.41. The fraction of sp³-hybridized carbons (Fsp3) is 0.133. The number of carbonyl (C=O) groups is 1. The van der Waals surface area contributed by atoms with E-state index in [4.69, 9.17) is 16.3 Å². The van der Waals surface area contributed by atoms with Gasteiger partial charge >= 0.3 is 5.97 Å². The lowest BCUT2D eigenvalue weighted by Gasteiger charge is -2.15. The van der Waals surface area contributed by atoms with Crippen LogP contribution in [0.25, 0.3) is 0 Å². The molecule has 2 rings (SSSR count). The van der Waals surface area contributed by atoms with E-state index in [1.165, 1.54) is 18.2 Å². The van der Waals surface area contributed by atoms with Crippen LogP contribution in [0.5, 0.6) is 5.75 Å². The van der Waals surface area contributed by atoms with Crippen LogP contribution in [0, 0.1) is 10.1 Å². The molecule has 0 aromatic heterocycles. The monoisotopic (exact) mass is 321 g/mol. The number of benzene rings is 2. The molecule has 0 unspecified atom stereocenters. The third-order valence-corrected chi connectivity index (χ3v) is 3.16. The van der Waals surface area contributed by atoms with Crippen LogP contribution in [-0.2, 0) is 11.2 Å². The second-order valence-electron chi connectivity index (χ2n) is 4.53. The fourth-order valence-corrected chi connectivity index (χ4v) is 1.99. The molecular formula is C15H12ClNO5. The molecule has 1 N–H and O–H groups in total. The molecule has 0 bridgehead atoms. The minimum absolute atomic E-state index is 0.0135. The molecule has 0 aliphatic rings. The molecule has 114 valence electrons. The summed E-state index contributed by atoms with van der Waals surface area (Å²) in [6.45, 7) is 0. The zero-order chi connectivity index (χ0) is 16.1. The van der Waals surface area contributed by atoms with Crippen LogP contribution in [0.1, 0.15) is 5.56 Å². The lowest BCUT2D eigenvalue weighted by atomic mass is 10.1. The Bertz CT molecular complexity index is 687. The summed E-state index contributed by atoms with van der Waals surface area (Å²) in [5.41, 5.74) is 0.420. The lowest BCUT2D eigenvalue weighted by Crippen LogP contribution is -2.29. The second-order valence-corrected chi connectivity index (χ2v) is 4.97. The van der Waals surface area contributed by atoms with Gasteiger partial charge in [-0.15, -0.1) is 0 Å². The van der Waals surface area contributed by atoms with E-state index in [-0.39, 0.29) is 12.1 Å². The van der Waals surface area contributed by atoms with Crippen molar-refractivity contribution in [3.8, 4) is 5.75 Å². The molecule has 0 fully saturated rings. The predicted octanol–water partition coefficient (Wildman–Crippen LogP) is 3.32. The first-order valence-electron chi connectivity index (χ1n) is 6.34. The van der Waals surface area contributed by atoms with Gasteiger partial charge in [0.25, 0.3) is 5.69 Å². The highest BCUT2D eigenvalue weighted by Gasteiger charge is 2.21. The number of nitro benzene ring substituents is 1. The van der Waals surface area contributed by atoms with Crippen molar-refractivity contribution in [1.29, 1.82) is 0 Å². The number of nitrogens with zero attached hydrogens (tertiary/aromatic N) is 1. The summed E-state index contributed by atoms with van der Waals surface area (Å²) in [5, 5.41) is 20.5. The van der Waals surface area contributed by atoms with Crippen molar-refractivity contribution in [3.63, 3.8) is 0 Å². The maximum absolute atomic E-state index is 11.3. The average molecular weight is 322 g/mol. The van der Waals surface area contributed by atoms with Gasteiger partial charge in [-0.05, 0) is 29.8 Å². The normalized spacial score (nSPS) is 11.7. The zero-order valence-corrected chi connectivity index (χ0v) is 12.1.